The standard InChI is InChI=1S/C10H13N3O2.ClH/c1-8(14)12-6-7-13-10(15)9-2-4-11-5-3-9;/h2-5H,6-7H2,1H3,(H,12,14)(H,13,15);1H. The zero-order valence-corrected chi connectivity index (χ0v) is 9.71. The van der Waals surface area contributed by atoms with Gasteiger partial charge in [-0.25, -0.2) is 0 Å². The van der Waals surface area contributed by atoms with Gasteiger partial charge in [-0.2, -0.15) is 0 Å². The number of carbonyl (C=O) groups is 2. The van der Waals surface area contributed by atoms with Crippen molar-refractivity contribution in [2.45, 2.75) is 6.92 Å². The van der Waals surface area contributed by atoms with Gasteiger partial charge in [0.1, 0.15) is 0 Å². The van der Waals surface area contributed by atoms with E-state index in [0.29, 0.717) is 18.7 Å². The first-order valence-electron chi connectivity index (χ1n) is 4.63. The first-order chi connectivity index (χ1) is 7.20. The van der Waals surface area contributed by atoms with Gasteiger partial charge in [0.05, 0.1) is 0 Å². The van der Waals surface area contributed by atoms with Gasteiger partial charge in [0.15, 0.2) is 0 Å². The number of halogens is 1. The van der Waals surface area contributed by atoms with Crippen LogP contribution in [0.15, 0.2) is 24.5 Å². The maximum Gasteiger partial charge on any atom is 0.251 e. The summed E-state index contributed by atoms with van der Waals surface area (Å²) in [4.78, 5) is 25.8. The van der Waals surface area contributed by atoms with Gasteiger partial charge in [0.2, 0.25) is 5.91 Å². The van der Waals surface area contributed by atoms with Gasteiger partial charge in [-0.05, 0) is 12.1 Å². The monoisotopic (exact) mass is 243 g/mol. The van der Waals surface area contributed by atoms with E-state index in [1.54, 1.807) is 24.5 Å². The molecule has 2 N–H and O–H groups in total. The molecule has 0 aliphatic heterocycles. The SMILES string of the molecule is CC(=O)NCCNC(=O)c1ccncc1.Cl. The van der Waals surface area contributed by atoms with Crippen molar-refractivity contribution >= 4 is 24.2 Å². The summed E-state index contributed by atoms with van der Waals surface area (Å²) >= 11 is 0. The zero-order valence-electron chi connectivity index (χ0n) is 8.90. The Bertz CT molecular complexity index is 343. The smallest absolute Gasteiger partial charge is 0.251 e. The highest BCUT2D eigenvalue weighted by Gasteiger charge is 2.02. The van der Waals surface area contributed by atoms with E-state index in [9.17, 15) is 9.59 Å². The number of rotatable bonds is 4. The van der Waals surface area contributed by atoms with Gasteiger partial charge in [0, 0.05) is 38.0 Å². The predicted octanol–water partition coefficient (Wildman–Crippen LogP) is 0.369. The molecule has 0 saturated heterocycles. The Labute approximate surface area is 100 Å². The zero-order chi connectivity index (χ0) is 11.1. The Hall–Kier alpha value is -1.62. The molecule has 1 aromatic rings. The van der Waals surface area contributed by atoms with Crippen molar-refractivity contribution in [1.29, 1.82) is 0 Å². The molecule has 0 aromatic carbocycles. The summed E-state index contributed by atoms with van der Waals surface area (Å²) in [6.45, 7) is 2.29. The van der Waals surface area contributed by atoms with Gasteiger partial charge >= 0.3 is 0 Å². The van der Waals surface area contributed by atoms with Crippen LogP contribution in [0.3, 0.4) is 0 Å². The summed E-state index contributed by atoms with van der Waals surface area (Å²) in [5.41, 5.74) is 0.563. The van der Waals surface area contributed by atoms with Crippen molar-refractivity contribution < 1.29 is 9.59 Å². The third-order valence-electron chi connectivity index (χ3n) is 1.73. The first kappa shape index (κ1) is 14.4. The van der Waals surface area contributed by atoms with Crippen LogP contribution in [0.25, 0.3) is 0 Å². The van der Waals surface area contributed by atoms with E-state index in [1.165, 1.54) is 6.92 Å². The molecule has 0 spiro atoms. The second kappa shape index (κ2) is 7.64. The van der Waals surface area contributed by atoms with Crippen LogP contribution in [-0.2, 0) is 4.79 Å². The molecule has 0 radical (unpaired) electrons. The number of hydrogen-bond acceptors (Lipinski definition) is 3. The van der Waals surface area contributed by atoms with Crippen molar-refractivity contribution in [3.8, 4) is 0 Å². The van der Waals surface area contributed by atoms with Gasteiger partial charge in [0.25, 0.3) is 5.91 Å². The molecule has 1 rings (SSSR count). The number of nitrogens with one attached hydrogen (secondary N) is 2. The lowest BCUT2D eigenvalue weighted by molar-refractivity contribution is -0.118. The Morgan fingerprint density at radius 3 is 2.31 bits per heavy atom. The van der Waals surface area contributed by atoms with Crippen molar-refractivity contribution in [2.75, 3.05) is 13.1 Å². The van der Waals surface area contributed by atoms with Crippen molar-refractivity contribution in [1.82, 2.24) is 15.6 Å². The average molecular weight is 244 g/mol. The third-order valence-corrected chi connectivity index (χ3v) is 1.73. The van der Waals surface area contributed by atoms with Crippen LogP contribution in [0.2, 0.25) is 0 Å². The highest BCUT2D eigenvalue weighted by molar-refractivity contribution is 5.93. The van der Waals surface area contributed by atoms with E-state index in [1.807, 2.05) is 0 Å². The number of amides is 2. The molecule has 6 heteroatoms. The number of aromatic nitrogens is 1. The van der Waals surface area contributed by atoms with E-state index in [4.69, 9.17) is 0 Å². The van der Waals surface area contributed by atoms with Crippen LogP contribution >= 0.6 is 12.4 Å². The summed E-state index contributed by atoms with van der Waals surface area (Å²) in [5.74, 6) is -0.268. The predicted molar refractivity (Wildman–Crippen MR) is 62.5 cm³/mol. The molecule has 5 nitrogen and oxygen atoms in total. The minimum Gasteiger partial charge on any atom is -0.355 e. The minimum absolute atomic E-state index is 0. The number of pyridine rings is 1. The summed E-state index contributed by atoms with van der Waals surface area (Å²) in [6, 6.07) is 3.27. The van der Waals surface area contributed by atoms with Crippen LogP contribution in [0, 0.1) is 0 Å². The van der Waals surface area contributed by atoms with Gasteiger partial charge in [-0.3, -0.25) is 14.6 Å². The molecule has 88 valence electrons. The normalized spacial score (nSPS) is 8.81. The Morgan fingerprint density at radius 1 is 1.19 bits per heavy atom. The van der Waals surface area contributed by atoms with Crippen molar-refractivity contribution in [3.05, 3.63) is 30.1 Å². The fraction of sp³-hybridized carbons (Fsp3) is 0.300. The minimum atomic E-state index is -0.164. The molecule has 0 fully saturated rings. The molecule has 1 heterocycles. The van der Waals surface area contributed by atoms with E-state index in [-0.39, 0.29) is 24.2 Å². The topological polar surface area (TPSA) is 71.1 Å². The van der Waals surface area contributed by atoms with Gasteiger partial charge in [-0.15, -0.1) is 12.4 Å². The summed E-state index contributed by atoms with van der Waals surface area (Å²) < 4.78 is 0. The highest BCUT2D eigenvalue weighted by Crippen LogP contribution is 1.94. The Kier molecular flexibility index (Phi) is 6.87. The lowest BCUT2D eigenvalue weighted by Crippen LogP contribution is -2.33. The third kappa shape index (κ3) is 5.31. The highest BCUT2D eigenvalue weighted by atomic mass is 35.5. The van der Waals surface area contributed by atoms with Crippen LogP contribution in [0.4, 0.5) is 0 Å². The van der Waals surface area contributed by atoms with Crippen LogP contribution < -0.4 is 10.6 Å². The second-order valence-corrected chi connectivity index (χ2v) is 2.97. The summed E-state index contributed by atoms with van der Waals surface area (Å²) in [7, 11) is 0. The Morgan fingerprint density at radius 2 is 1.75 bits per heavy atom. The van der Waals surface area contributed by atoms with Gasteiger partial charge < -0.3 is 10.6 Å². The summed E-state index contributed by atoms with van der Waals surface area (Å²) in [5, 5.41) is 5.26. The summed E-state index contributed by atoms with van der Waals surface area (Å²) in [6.07, 6.45) is 3.12. The fourth-order valence-electron chi connectivity index (χ4n) is 1.02. The average Bonchev–Trinajstić information content (AvgIpc) is 2.25. The van der Waals surface area contributed by atoms with Crippen LogP contribution in [0.5, 0.6) is 0 Å². The molecule has 0 aliphatic carbocycles. The molecule has 16 heavy (non-hydrogen) atoms. The fourth-order valence-corrected chi connectivity index (χ4v) is 1.02. The lowest BCUT2D eigenvalue weighted by atomic mass is 10.2. The van der Waals surface area contributed by atoms with E-state index < -0.39 is 0 Å². The number of carbonyl (C=O) groups excluding carboxylic acids is 2. The molecule has 1 aromatic heterocycles. The second-order valence-electron chi connectivity index (χ2n) is 2.97. The van der Waals surface area contributed by atoms with E-state index >= 15 is 0 Å². The largest absolute Gasteiger partial charge is 0.355 e. The first-order valence-corrected chi connectivity index (χ1v) is 4.63. The molecule has 2 amide bonds. The quantitative estimate of drug-likeness (QED) is 0.751. The van der Waals surface area contributed by atoms with Crippen molar-refractivity contribution in [3.63, 3.8) is 0 Å². The molecule has 0 bridgehead atoms. The van der Waals surface area contributed by atoms with E-state index in [0.717, 1.165) is 0 Å². The Balaban J connectivity index is 0.00000225. The molecule has 0 unspecified atom stereocenters. The molecular weight excluding hydrogens is 230 g/mol. The van der Waals surface area contributed by atoms with Crippen LogP contribution in [0.1, 0.15) is 17.3 Å². The molecular formula is C10H14ClN3O2. The molecule has 0 saturated carbocycles. The van der Waals surface area contributed by atoms with Crippen molar-refractivity contribution in [2.24, 2.45) is 0 Å². The molecule has 0 atom stereocenters. The maximum absolute atomic E-state index is 11.4. The number of hydrogen-bond donors (Lipinski definition) is 2. The molecule has 0 aliphatic rings. The maximum atomic E-state index is 11.4. The number of nitrogens with zero attached hydrogens (tertiary/aromatic N) is 1. The van der Waals surface area contributed by atoms with Gasteiger partial charge in [-0.1, -0.05) is 0 Å². The van der Waals surface area contributed by atoms with E-state index in [2.05, 4.69) is 15.6 Å². The lowest BCUT2D eigenvalue weighted by Gasteiger charge is -2.04. The van der Waals surface area contributed by atoms with Crippen LogP contribution in [-0.4, -0.2) is 29.9 Å².